The summed E-state index contributed by atoms with van der Waals surface area (Å²) in [6.45, 7) is 1.27. The van der Waals surface area contributed by atoms with Crippen molar-refractivity contribution in [1.82, 2.24) is 9.97 Å². The van der Waals surface area contributed by atoms with Crippen molar-refractivity contribution in [3.63, 3.8) is 0 Å². The van der Waals surface area contributed by atoms with E-state index in [0.717, 1.165) is 17.7 Å². The van der Waals surface area contributed by atoms with Gasteiger partial charge in [0.2, 0.25) is 0 Å². The fraction of sp³-hybridized carbons (Fsp3) is 0.0909. The SMILES string of the molecule is Fc1cc(Oc2ccccc2)ccc1Nc1ncnc2ccc3c(c12)OCCN3. The van der Waals surface area contributed by atoms with Gasteiger partial charge in [0.1, 0.15) is 36.1 Å². The summed E-state index contributed by atoms with van der Waals surface area (Å²) in [5.41, 5.74) is 1.87. The van der Waals surface area contributed by atoms with E-state index in [-0.39, 0.29) is 5.69 Å². The third kappa shape index (κ3) is 3.38. The molecule has 0 aliphatic carbocycles. The maximum Gasteiger partial charge on any atom is 0.155 e. The van der Waals surface area contributed by atoms with Gasteiger partial charge >= 0.3 is 0 Å². The Labute approximate surface area is 166 Å². The van der Waals surface area contributed by atoms with Crippen LogP contribution in [0.5, 0.6) is 17.2 Å². The maximum atomic E-state index is 14.7. The second-order valence-corrected chi connectivity index (χ2v) is 6.52. The van der Waals surface area contributed by atoms with E-state index >= 15 is 0 Å². The standard InChI is InChI=1S/C22H17FN4O2/c23-16-12-15(29-14-4-2-1-3-5-14)6-7-17(16)27-22-20-18(25-13-26-22)8-9-19-21(20)28-11-10-24-19/h1-9,12-13,24H,10-11H2,(H,25,26,27). The van der Waals surface area contributed by atoms with Crippen molar-refractivity contribution in [2.24, 2.45) is 0 Å². The van der Waals surface area contributed by atoms with Gasteiger partial charge in [-0.25, -0.2) is 14.4 Å². The highest BCUT2D eigenvalue weighted by atomic mass is 19.1. The summed E-state index contributed by atoms with van der Waals surface area (Å²) < 4.78 is 26.3. The minimum Gasteiger partial charge on any atom is -0.489 e. The summed E-state index contributed by atoms with van der Waals surface area (Å²) in [7, 11) is 0. The van der Waals surface area contributed by atoms with Gasteiger partial charge in [-0.05, 0) is 36.4 Å². The summed E-state index contributed by atoms with van der Waals surface area (Å²) in [6, 6.07) is 17.7. The molecular formula is C22H17FN4O2. The van der Waals surface area contributed by atoms with Gasteiger partial charge in [0.15, 0.2) is 5.75 Å². The Kier molecular flexibility index (Phi) is 4.32. The summed E-state index contributed by atoms with van der Waals surface area (Å²) in [5.74, 6) is 1.75. The summed E-state index contributed by atoms with van der Waals surface area (Å²) in [5, 5.41) is 7.07. The van der Waals surface area contributed by atoms with Crippen LogP contribution in [0, 0.1) is 5.82 Å². The Bertz CT molecular complexity index is 1180. The molecule has 0 saturated carbocycles. The molecule has 0 fully saturated rings. The minimum absolute atomic E-state index is 0.284. The first-order chi connectivity index (χ1) is 14.3. The van der Waals surface area contributed by atoms with Crippen molar-refractivity contribution >= 4 is 28.1 Å². The number of halogens is 1. The molecule has 1 aromatic heterocycles. The molecule has 3 aromatic carbocycles. The van der Waals surface area contributed by atoms with E-state index in [9.17, 15) is 4.39 Å². The van der Waals surface area contributed by atoms with E-state index in [2.05, 4.69) is 20.6 Å². The van der Waals surface area contributed by atoms with Gasteiger partial charge in [0.25, 0.3) is 0 Å². The molecule has 0 radical (unpaired) electrons. The van der Waals surface area contributed by atoms with Gasteiger partial charge in [-0.3, -0.25) is 0 Å². The van der Waals surface area contributed by atoms with Crippen LogP contribution < -0.4 is 20.1 Å². The molecule has 0 amide bonds. The third-order valence-electron chi connectivity index (χ3n) is 4.59. The van der Waals surface area contributed by atoms with E-state index in [4.69, 9.17) is 9.47 Å². The second-order valence-electron chi connectivity index (χ2n) is 6.52. The fourth-order valence-corrected chi connectivity index (χ4v) is 3.26. The predicted octanol–water partition coefficient (Wildman–Crippen LogP) is 5.11. The Balaban J connectivity index is 1.48. The zero-order valence-corrected chi connectivity index (χ0v) is 15.4. The smallest absolute Gasteiger partial charge is 0.155 e. The number of ether oxygens (including phenoxy) is 2. The summed E-state index contributed by atoms with van der Waals surface area (Å²) in [4.78, 5) is 8.62. The molecule has 0 spiro atoms. The molecule has 144 valence electrons. The first-order valence-electron chi connectivity index (χ1n) is 9.22. The van der Waals surface area contributed by atoms with E-state index in [1.807, 2.05) is 42.5 Å². The minimum atomic E-state index is -0.450. The molecule has 2 N–H and O–H groups in total. The first kappa shape index (κ1) is 17.2. The average Bonchev–Trinajstić information content (AvgIpc) is 2.76. The molecule has 6 nitrogen and oxygen atoms in total. The number of hydrogen-bond donors (Lipinski definition) is 2. The molecule has 0 saturated heterocycles. The van der Waals surface area contributed by atoms with Gasteiger partial charge < -0.3 is 20.1 Å². The molecule has 0 bridgehead atoms. The van der Waals surface area contributed by atoms with Crippen LogP contribution >= 0.6 is 0 Å². The van der Waals surface area contributed by atoms with E-state index < -0.39 is 5.82 Å². The number of rotatable bonds is 4. The number of anilines is 3. The molecule has 0 unspecified atom stereocenters. The fourth-order valence-electron chi connectivity index (χ4n) is 3.26. The molecule has 1 aliphatic rings. The van der Waals surface area contributed by atoms with Crippen LogP contribution in [0.3, 0.4) is 0 Å². The molecular weight excluding hydrogens is 371 g/mol. The lowest BCUT2D eigenvalue weighted by Gasteiger charge is -2.21. The Hall–Kier alpha value is -3.87. The Morgan fingerprint density at radius 2 is 1.90 bits per heavy atom. The van der Waals surface area contributed by atoms with Crippen molar-refractivity contribution in [2.45, 2.75) is 0 Å². The topological polar surface area (TPSA) is 68.3 Å². The van der Waals surface area contributed by atoms with Crippen molar-refractivity contribution < 1.29 is 13.9 Å². The number of fused-ring (bicyclic) bond motifs is 3. The van der Waals surface area contributed by atoms with Gasteiger partial charge in [-0.2, -0.15) is 0 Å². The lowest BCUT2D eigenvalue weighted by molar-refractivity contribution is 0.327. The number of benzene rings is 3. The van der Waals surface area contributed by atoms with Crippen molar-refractivity contribution in [2.75, 3.05) is 23.8 Å². The second kappa shape index (κ2) is 7.27. The third-order valence-corrected chi connectivity index (χ3v) is 4.59. The van der Waals surface area contributed by atoms with Crippen LogP contribution in [0.4, 0.5) is 21.6 Å². The highest BCUT2D eigenvalue weighted by molar-refractivity contribution is 5.99. The number of hydrogen-bond acceptors (Lipinski definition) is 6. The van der Waals surface area contributed by atoms with E-state index in [0.29, 0.717) is 35.1 Å². The number of nitrogens with zero attached hydrogens (tertiary/aromatic N) is 2. The van der Waals surface area contributed by atoms with Crippen LogP contribution in [0.25, 0.3) is 10.9 Å². The lowest BCUT2D eigenvalue weighted by atomic mass is 10.1. The van der Waals surface area contributed by atoms with Crippen molar-refractivity contribution in [1.29, 1.82) is 0 Å². The number of para-hydroxylation sites is 1. The summed E-state index contributed by atoms with van der Waals surface area (Å²) >= 11 is 0. The Morgan fingerprint density at radius 3 is 2.76 bits per heavy atom. The molecule has 1 aliphatic heterocycles. The average molecular weight is 388 g/mol. The van der Waals surface area contributed by atoms with E-state index in [1.54, 1.807) is 12.1 Å². The number of aromatic nitrogens is 2. The molecule has 7 heteroatoms. The molecule has 2 heterocycles. The zero-order chi connectivity index (χ0) is 19.6. The highest BCUT2D eigenvalue weighted by Gasteiger charge is 2.18. The van der Waals surface area contributed by atoms with Crippen LogP contribution in [0.2, 0.25) is 0 Å². The molecule has 5 rings (SSSR count). The zero-order valence-electron chi connectivity index (χ0n) is 15.4. The normalized spacial score (nSPS) is 12.6. The van der Waals surface area contributed by atoms with Gasteiger partial charge in [-0.1, -0.05) is 18.2 Å². The maximum absolute atomic E-state index is 14.7. The van der Waals surface area contributed by atoms with Gasteiger partial charge in [0.05, 0.1) is 22.3 Å². The largest absolute Gasteiger partial charge is 0.489 e. The quantitative estimate of drug-likeness (QED) is 0.506. The Morgan fingerprint density at radius 1 is 1.00 bits per heavy atom. The first-order valence-corrected chi connectivity index (χ1v) is 9.22. The van der Waals surface area contributed by atoms with Crippen LogP contribution in [-0.2, 0) is 0 Å². The predicted molar refractivity (Wildman–Crippen MR) is 110 cm³/mol. The van der Waals surface area contributed by atoms with Crippen LogP contribution in [-0.4, -0.2) is 23.1 Å². The van der Waals surface area contributed by atoms with Gasteiger partial charge in [-0.15, -0.1) is 0 Å². The van der Waals surface area contributed by atoms with E-state index in [1.165, 1.54) is 12.4 Å². The summed E-state index contributed by atoms with van der Waals surface area (Å²) in [6.07, 6.45) is 1.44. The molecule has 4 aromatic rings. The van der Waals surface area contributed by atoms with Crippen molar-refractivity contribution in [3.8, 4) is 17.2 Å². The number of nitrogens with one attached hydrogen (secondary N) is 2. The van der Waals surface area contributed by atoms with Crippen molar-refractivity contribution in [3.05, 3.63) is 72.8 Å². The molecule has 29 heavy (non-hydrogen) atoms. The van der Waals surface area contributed by atoms with Gasteiger partial charge in [0, 0.05) is 12.6 Å². The van der Waals surface area contributed by atoms with Crippen LogP contribution in [0.15, 0.2) is 67.0 Å². The monoisotopic (exact) mass is 388 g/mol. The lowest BCUT2D eigenvalue weighted by Crippen LogP contribution is -2.18. The van der Waals surface area contributed by atoms with Crippen LogP contribution in [0.1, 0.15) is 0 Å². The highest BCUT2D eigenvalue weighted by Crippen LogP contribution is 2.39. The molecule has 0 atom stereocenters.